The summed E-state index contributed by atoms with van der Waals surface area (Å²) < 4.78 is 49.1. The molecule has 3 aromatic carbocycles. The Balaban J connectivity index is 1.32. The molecule has 5 rings (SSSR count). The summed E-state index contributed by atoms with van der Waals surface area (Å²) in [5, 5.41) is 16.8. The number of nitrogens with zero attached hydrogens (tertiary/aromatic N) is 1. The summed E-state index contributed by atoms with van der Waals surface area (Å²) >= 11 is 18.0. The number of benzene rings is 3. The first kappa shape index (κ1) is 31.7. The topological polar surface area (TPSA) is 80.2 Å². The Hall–Kier alpha value is -2.76. The molecule has 2 N–H and O–H groups in total. The van der Waals surface area contributed by atoms with Gasteiger partial charge in [0, 0.05) is 24.1 Å². The summed E-state index contributed by atoms with van der Waals surface area (Å²) in [7, 11) is -1.03. The van der Waals surface area contributed by atoms with Crippen molar-refractivity contribution < 1.29 is 32.5 Å². The number of rotatable bonds is 7. The fourth-order valence-corrected chi connectivity index (χ4v) is 6.30. The average Bonchev–Trinajstić information content (AvgIpc) is 3.55. The third-order valence-electron chi connectivity index (χ3n) is 8.25. The number of halogens is 6. The lowest BCUT2D eigenvalue weighted by Crippen LogP contribution is -2.42. The van der Waals surface area contributed by atoms with E-state index in [0.29, 0.717) is 22.2 Å². The molecule has 1 unspecified atom stereocenters. The fourth-order valence-electron chi connectivity index (χ4n) is 5.70. The number of alkyl halides is 3. The van der Waals surface area contributed by atoms with Gasteiger partial charge in [-0.2, -0.15) is 13.2 Å². The minimum atomic E-state index is -4.86. The van der Waals surface area contributed by atoms with Crippen molar-refractivity contribution in [2.75, 3.05) is 0 Å². The molecule has 2 heterocycles. The molecule has 0 saturated heterocycles. The van der Waals surface area contributed by atoms with Crippen molar-refractivity contribution in [2.24, 2.45) is 5.16 Å². The first-order valence-electron chi connectivity index (χ1n) is 13.6. The van der Waals surface area contributed by atoms with Crippen LogP contribution >= 0.6 is 34.8 Å². The van der Waals surface area contributed by atoms with E-state index in [9.17, 15) is 23.0 Å². The number of carbonyl (C=O) groups is 1. The van der Waals surface area contributed by atoms with Gasteiger partial charge in [-0.05, 0) is 71.7 Å². The molecule has 2 aliphatic rings. The quantitative estimate of drug-likeness (QED) is 0.209. The molecule has 0 spiro atoms. The predicted octanol–water partition coefficient (Wildman–Crippen LogP) is 7.20. The highest BCUT2D eigenvalue weighted by Gasteiger charge is 2.62. The number of fused-ring (bicyclic) bond motifs is 1. The van der Waals surface area contributed by atoms with Crippen molar-refractivity contribution in [3.63, 3.8) is 0 Å². The van der Waals surface area contributed by atoms with E-state index in [4.69, 9.17) is 44.3 Å². The van der Waals surface area contributed by atoms with Gasteiger partial charge >= 0.3 is 13.3 Å². The summed E-state index contributed by atoms with van der Waals surface area (Å²) in [6, 6.07) is 12.4. The van der Waals surface area contributed by atoms with Crippen molar-refractivity contribution in [1.29, 1.82) is 0 Å². The van der Waals surface area contributed by atoms with E-state index in [1.54, 1.807) is 13.0 Å². The van der Waals surface area contributed by atoms with Crippen LogP contribution in [-0.2, 0) is 27.2 Å². The number of hydrogen-bond donors (Lipinski definition) is 2. The average molecular weight is 654 g/mol. The molecule has 226 valence electrons. The van der Waals surface area contributed by atoms with Crippen molar-refractivity contribution in [3.8, 4) is 0 Å². The van der Waals surface area contributed by atoms with Crippen LogP contribution in [0.3, 0.4) is 0 Å². The standard InChI is InChI=1S/C30H27BCl3F3N2O4/c1-4-28(5-2)21-9-6-17(11-22(21)31(41)42-28)15-38-27(40)20-8-7-18(10-16(20)3)25-14-29(43-39-25,30(35,36)37)19-12-23(32)26(34)24(33)13-19/h6-13,41H,4-5,14-15H2,1-3H3,(H,38,40). The molecule has 6 nitrogen and oxygen atoms in total. The molecular weight excluding hydrogens is 627 g/mol. The smallest absolute Gasteiger partial charge is 0.423 e. The van der Waals surface area contributed by atoms with E-state index in [1.807, 2.05) is 32.0 Å². The lowest BCUT2D eigenvalue weighted by Gasteiger charge is -2.30. The molecule has 43 heavy (non-hydrogen) atoms. The zero-order chi connectivity index (χ0) is 31.3. The second kappa shape index (κ2) is 11.6. The molecule has 3 aromatic rings. The maximum absolute atomic E-state index is 14.4. The number of carbonyl (C=O) groups excluding carboxylic acids is 1. The van der Waals surface area contributed by atoms with Crippen LogP contribution in [0.15, 0.2) is 53.7 Å². The van der Waals surface area contributed by atoms with Gasteiger partial charge in [-0.3, -0.25) is 4.79 Å². The minimum Gasteiger partial charge on any atom is -0.423 e. The van der Waals surface area contributed by atoms with Gasteiger partial charge in [0.15, 0.2) is 0 Å². The van der Waals surface area contributed by atoms with Gasteiger partial charge in [0.1, 0.15) is 0 Å². The van der Waals surface area contributed by atoms with Gasteiger partial charge in [-0.25, -0.2) is 0 Å². The van der Waals surface area contributed by atoms with E-state index < -0.39 is 30.9 Å². The SMILES string of the molecule is CCC1(CC)OB(O)c2cc(CNC(=O)c3ccc(C4=NOC(c5cc(Cl)c(Cl)c(Cl)c5)(C(F)(F)F)C4)cc3C)ccc21. The first-order chi connectivity index (χ1) is 20.2. The second-order valence-corrected chi connectivity index (χ2v) is 11.9. The summed E-state index contributed by atoms with van der Waals surface area (Å²) in [5.41, 5.74) is 0.0525. The maximum Gasteiger partial charge on any atom is 0.492 e. The summed E-state index contributed by atoms with van der Waals surface area (Å²) in [6.45, 7) is 5.91. The van der Waals surface area contributed by atoms with Crippen LogP contribution in [0.25, 0.3) is 0 Å². The van der Waals surface area contributed by atoms with Crippen LogP contribution in [0.5, 0.6) is 0 Å². The van der Waals surface area contributed by atoms with Gasteiger partial charge < -0.3 is 19.8 Å². The van der Waals surface area contributed by atoms with Gasteiger partial charge in [-0.15, -0.1) is 0 Å². The Morgan fingerprint density at radius 3 is 2.35 bits per heavy atom. The molecule has 0 aliphatic carbocycles. The molecule has 0 aromatic heterocycles. The third-order valence-corrected chi connectivity index (χ3v) is 9.44. The third kappa shape index (κ3) is 5.53. The zero-order valence-corrected chi connectivity index (χ0v) is 25.7. The Labute approximate surface area is 262 Å². The van der Waals surface area contributed by atoms with Gasteiger partial charge in [-0.1, -0.05) is 78.1 Å². The van der Waals surface area contributed by atoms with E-state index in [1.165, 1.54) is 12.1 Å². The highest BCUT2D eigenvalue weighted by atomic mass is 35.5. The van der Waals surface area contributed by atoms with Crippen molar-refractivity contribution in [1.82, 2.24) is 5.32 Å². The van der Waals surface area contributed by atoms with Gasteiger partial charge in [0.2, 0.25) is 0 Å². The highest BCUT2D eigenvalue weighted by molar-refractivity contribution is 6.62. The molecule has 0 bridgehead atoms. The van der Waals surface area contributed by atoms with Crippen LogP contribution in [-0.4, -0.2) is 29.9 Å². The van der Waals surface area contributed by atoms with Crippen LogP contribution < -0.4 is 10.8 Å². The molecule has 0 radical (unpaired) electrons. The largest absolute Gasteiger partial charge is 0.492 e. The van der Waals surface area contributed by atoms with E-state index in [-0.39, 0.29) is 38.8 Å². The predicted molar refractivity (Wildman–Crippen MR) is 161 cm³/mol. The molecule has 1 atom stereocenters. The number of oxime groups is 1. The van der Waals surface area contributed by atoms with E-state index in [2.05, 4.69) is 10.5 Å². The van der Waals surface area contributed by atoms with Crippen LogP contribution in [0.4, 0.5) is 13.2 Å². The van der Waals surface area contributed by atoms with Gasteiger partial charge in [0.05, 0.1) is 26.4 Å². The van der Waals surface area contributed by atoms with Crippen LogP contribution in [0.2, 0.25) is 15.1 Å². The minimum absolute atomic E-state index is 0.0451. The Morgan fingerprint density at radius 1 is 1.07 bits per heavy atom. The summed E-state index contributed by atoms with van der Waals surface area (Å²) in [6.07, 6.45) is -4.06. The van der Waals surface area contributed by atoms with E-state index >= 15 is 0 Å². The molecule has 0 saturated carbocycles. The summed E-state index contributed by atoms with van der Waals surface area (Å²) in [5.74, 6) is -0.363. The fraction of sp³-hybridized carbons (Fsp3) is 0.333. The lowest BCUT2D eigenvalue weighted by atomic mass is 9.76. The Kier molecular flexibility index (Phi) is 8.57. The normalized spacial score (nSPS) is 19.2. The first-order valence-corrected chi connectivity index (χ1v) is 14.7. The van der Waals surface area contributed by atoms with Crippen molar-refractivity contribution in [2.45, 2.75) is 64.0 Å². The maximum atomic E-state index is 14.4. The molecule has 2 aliphatic heterocycles. The highest BCUT2D eigenvalue weighted by Crippen LogP contribution is 2.50. The number of nitrogens with one attached hydrogen (secondary N) is 1. The van der Waals surface area contributed by atoms with E-state index in [0.717, 1.165) is 36.1 Å². The monoisotopic (exact) mass is 652 g/mol. The van der Waals surface area contributed by atoms with Crippen LogP contribution in [0, 0.1) is 6.92 Å². The summed E-state index contributed by atoms with van der Waals surface area (Å²) in [4.78, 5) is 18.1. The van der Waals surface area contributed by atoms with Crippen molar-refractivity contribution >= 4 is 59.0 Å². The van der Waals surface area contributed by atoms with Gasteiger partial charge in [0.25, 0.3) is 11.5 Å². The van der Waals surface area contributed by atoms with Crippen molar-refractivity contribution in [3.05, 3.63) is 97.0 Å². The molecule has 0 fully saturated rings. The molecule has 13 heteroatoms. The van der Waals surface area contributed by atoms with Crippen LogP contribution in [0.1, 0.15) is 71.3 Å². The lowest BCUT2D eigenvalue weighted by molar-refractivity contribution is -0.275. The number of hydrogen-bond acceptors (Lipinski definition) is 5. The molecular formula is C30H27BCl3F3N2O4. The number of aryl methyl sites for hydroxylation is 1. The second-order valence-electron chi connectivity index (χ2n) is 10.7. The zero-order valence-electron chi connectivity index (χ0n) is 23.4. The Bertz CT molecular complexity index is 1610. The Morgan fingerprint density at radius 2 is 1.74 bits per heavy atom. The number of amides is 1. The molecule has 1 amide bonds.